The van der Waals surface area contributed by atoms with Crippen molar-refractivity contribution in [3.8, 4) is 0 Å². The third-order valence-corrected chi connectivity index (χ3v) is 3.75. The van der Waals surface area contributed by atoms with Gasteiger partial charge >= 0.3 is 5.97 Å². The number of ether oxygens (including phenoxy) is 1. The maximum Gasteiger partial charge on any atom is 0.312 e. The molecule has 1 unspecified atom stereocenters. The summed E-state index contributed by atoms with van der Waals surface area (Å²) in [7, 11) is 1.39. The Morgan fingerprint density at radius 3 is 2.38 bits per heavy atom. The Balaban J connectivity index is 2.74. The van der Waals surface area contributed by atoms with Crippen LogP contribution in [0.1, 0.15) is 46.0 Å². The van der Waals surface area contributed by atoms with Crippen LogP contribution < -0.4 is 5.48 Å². The predicted molar refractivity (Wildman–Crippen MR) is 61.1 cm³/mol. The lowest BCUT2D eigenvalue weighted by Crippen LogP contribution is -2.50. The van der Waals surface area contributed by atoms with Gasteiger partial charge in [-0.1, -0.05) is 19.3 Å². The van der Waals surface area contributed by atoms with E-state index in [4.69, 9.17) is 4.74 Å². The van der Waals surface area contributed by atoms with E-state index in [1.54, 1.807) is 0 Å². The van der Waals surface area contributed by atoms with Crippen molar-refractivity contribution in [1.82, 2.24) is 5.48 Å². The van der Waals surface area contributed by atoms with E-state index in [-0.39, 0.29) is 12.0 Å². The summed E-state index contributed by atoms with van der Waals surface area (Å²) in [6, 6.07) is -0.222. The topological polar surface area (TPSA) is 58.6 Å². The van der Waals surface area contributed by atoms with Crippen LogP contribution in [-0.4, -0.2) is 24.3 Å². The van der Waals surface area contributed by atoms with Gasteiger partial charge < -0.3 is 9.94 Å². The minimum Gasteiger partial charge on any atom is -0.469 e. The molecular weight excluding hydrogens is 206 g/mol. The third kappa shape index (κ3) is 2.74. The van der Waals surface area contributed by atoms with Crippen molar-refractivity contribution in [3.63, 3.8) is 0 Å². The molecule has 0 bridgehead atoms. The highest BCUT2D eigenvalue weighted by Crippen LogP contribution is 2.35. The molecule has 0 saturated heterocycles. The van der Waals surface area contributed by atoms with Crippen molar-refractivity contribution in [2.75, 3.05) is 7.11 Å². The van der Waals surface area contributed by atoms with Crippen molar-refractivity contribution in [1.29, 1.82) is 0 Å². The number of hydrogen-bond donors (Lipinski definition) is 2. The molecule has 0 aromatic rings. The fourth-order valence-corrected chi connectivity index (χ4v) is 2.71. The lowest BCUT2D eigenvalue weighted by molar-refractivity contribution is -0.156. The van der Waals surface area contributed by atoms with Crippen LogP contribution in [0.15, 0.2) is 0 Å². The van der Waals surface area contributed by atoms with E-state index in [9.17, 15) is 10.0 Å². The number of nitrogens with one attached hydrogen (secondary N) is 1. The largest absolute Gasteiger partial charge is 0.469 e. The molecule has 0 aliphatic heterocycles. The Kier molecular flexibility index (Phi) is 4.74. The Hall–Kier alpha value is -0.610. The molecule has 1 aliphatic carbocycles. The van der Waals surface area contributed by atoms with E-state index in [1.165, 1.54) is 26.4 Å². The highest BCUT2D eigenvalue weighted by atomic mass is 16.5. The highest BCUT2D eigenvalue weighted by Gasteiger charge is 2.42. The molecule has 1 atom stereocenters. The lowest BCUT2D eigenvalue weighted by atomic mass is 9.72. The fourth-order valence-electron chi connectivity index (χ4n) is 2.71. The highest BCUT2D eigenvalue weighted by molar-refractivity contribution is 5.76. The first-order valence-corrected chi connectivity index (χ1v) is 6.02. The van der Waals surface area contributed by atoms with Crippen LogP contribution in [-0.2, 0) is 9.53 Å². The number of hydroxylamine groups is 1. The van der Waals surface area contributed by atoms with Crippen LogP contribution in [0.5, 0.6) is 0 Å². The zero-order valence-electron chi connectivity index (χ0n) is 10.5. The fraction of sp³-hybridized carbons (Fsp3) is 0.917. The van der Waals surface area contributed by atoms with E-state index in [1.807, 2.05) is 13.8 Å². The van der Waals surface area contributed by atoms with E-state index < -0.39 is 5.41 Å². The summed E-state index contributed by atoms with van der Waals surface area (Å²) in [6.45, 7) is 3.64. The van der Waals surface area contributed by atoms with Crippen LogP contribution >= 0.6 is 0 Å². The summed E-state index contributed by atoms with van der Waals surface area (Å²) in [6.07, 6.45) is 5.75. The summed E-state index contributed by atoms with van der Waals surface area (Å²) < 4.78 is 4.80. The Labute approximate surface area is 97.3 Å². The summed E-state index contributed by atoms with van der Waals surface area (Å²) in [5.74, 6) is 0.0810. The van der Waals surface area contributed by atoms with Gasteiger partial charge in [-0.2, -0.15) is 0 Å². The number of methoxy groups -OCH3 is 1. The molecule has 94 valence electrons. The molecular formula is C12H23NO3. The van der Waals surface area contributed by atoms with E-state index >= 15 is 0 Å². The van der Waals surface area contributed by atoms with Gasteiger partial charge in [0.15, 0.2) is 0 Å². The summed E-state index contributed by atoms with van der Waals surface area (Å²) >= 11 is 0. The Morgan fingerprint density at radius 2 is 1.94 bits per heavy atom. The number of esters is 1. The molecule has 4 nitrogen and oxygen atoms in total. The van der Waals surface area contributed by atoms with Gasteiger partial charge in [0.05, 0.1) is 18.6 Å². The Morgan fingerprint density at radius 1 is 1.38 bits per heavy atom. The van der Waals surface area contributed by atoms with Crippen molar-refractivity contribution < 1.29 is 14.7 Å². The van der Waals surface area contributed by atoms with Crippen molar-refractivity contribution in [2.45, 2.75) is 52.0 Å². The monoisotopic (exact) mass is 229 g/mol. The number of carbonyl (C=O) groups is 1. The van der Waals surface area contributed by atoms with Gasteiger partial charge in [-0.05, 0) is 32.6 Å². The summed E-state index contributed by atoms with van der Waals surface area (Å²) in [4.78, 5) is 11.7. The third-order valence-electron chi connectivity index (χ3n) is 3.75. The van der Waals surface area contributed by atoms with Crippen molar-refractivity contribution in [2.24, 2.45) is 11.3 Å². The maximum absolute atomic E-state index is 11.7. The van der Waals surface area contributed by atoms with Gasteiger partial charge in [0, 0.05) is 0 Å². The zero-order chi connectivity index (χ0) is 12.2. The number of carbonyl (C=O) groups excluding carboxylic acids is 1. The van der Waals surface area contributed by atoms with Gasteiger partial charge in [0.25, 0.3) is 0 Å². The minimum atomic E-state index is -0.689. The Bertz CT molecular complexity index is 234. The number of hydrogen-bond acceptors (Lipinski definition) is 4. The van der Waals surface area contributed by atoms with Crippen LogP contribution in [0.25, 0.3) is 0 Å². The summed E-state index contributed by atoms with van der Waals surface area (Å²) in [5.41, 5.74) is 1.64. The lowest BCUT2D eigenvalue weighted by Gasteiger charge is -2.38. The van der Waals surface area contributed by atoms with Crippen LogP contribution in [0.3, 0.4) is 0 Å². The van der Waals surface area contributed by atoms with Gasteiger partial charge in [-0.3, -0.25) is 4.79 Å². The SMILES string of the molecule is COC(=O)C(C)(C)C(NO)C1CCCCC1. The summed E-state index contributed by atoms with van der Waals surface area (Å²) in [5, 5.41) is 9.30. The maximum atomic E-state index is 11.7. The van der Waals surface area contributed by atoms with Crippen molar-refractivity contribution in [3.05, 3.63) is 0 Å². The van der Waals surface area contributed by atoms with Gasteiger partial charge in [-0.15, -0.1) is 0 Å². The molecule has 1 saturated carbocycles. The zero-order valence-corrected chi connectivity index (χ0v) is 10.5. The number of rotatable bonds is 4. The van der Waals surface area contributed by atoms with E-state index in [0.29, 0.717) is 5.92 Å². The molecule has 0 spiro atoms. The van der Waals surface area contributed by atoms with E-state index in [2.05, 4.69) is 5.48 Å². The smallest absolute Gasteiger partial charge is 0.312 e. The molecule has 2 N–H and O–H groups in total. The normalized spacial score (nSPS) is 20.5. The average molecular weight is 229 g/mol. The van der Waals surface area contributed by atoms with E-state index in [0.717, 1.165) is 12.8 Å². The molecule has 1 aliphatic rings. The van der Waals surface area contributed by atoms with Gasteiger partial charge in [0.2, 0.25) is 0 Å². The quantitative estimate of drug-likeness (QED) is 0.572. The molecule has 16 heavy (non-hydrogen) atoms. The van der Waals surface area contributed by atoms with Crippen molar-refractivity contribution >= 4 is 5.97 Å². The molecule has 0 aromatic carbocycles. The van der Waals surface area contributed by atoms with Crippen LogP contribution in [0.2, 0.25) is 0 Å². The molecule has 0 aromatic heterocycles. The molecule has 4 heteroatoms. The van der Waals surface area contributed by atoms with Crippen LogP contribution in [0, 0.1) is 11.3 Å². The van der Waals surface area contributed by atoms with Gasteiger partial charge in [0.1, 0.15) is 0 Å². The molecule has 0 heterocycles. The second kappa shape index (κ2) is 5.64. The first-order chi connectivity index (χ1) is 7.54. The molecule has 1 fully saturated rings. The van der Waals surface area contributed by atoms with Gasteiger partial charge in [-0.25, -0.2) is 5.48 Å². The standard InChI is InChI=1S/C12H23NO3/c1-12(2,11(14)16-3)10(13-15)9-7-5-4-6-8-9/h9-10,13,15H,4-8H2,1-3H3. The average Bonchev–Trinajstić information content (AvgIpc) is 2.30. The predicted octanol–water partition coefficient (Wildman–Crippen LogP) is 2.11. The molecule has 0 radical (unpaired) electrons. The molecule has 1 rings (SSSR count). The minimum absolute atomic E-state index is 0.222. The second-order valence-corrected chi connectivity index (χ2v) is 5.22. The first kappa shape index (κ1) is 13.5. The molecule has 0 amide bonds. The first-order valence-electron chi connectivity index (χ1n) is 6.02. The van der Waals surface area contributed by atoms with Crippen LogP contribution in [0.4, 0.5) is 0 Å². The second-order valence-electron chi connectivity index (χ2n) is 5.22.